The number of carboxylic acids is 1. The van der Waals surface area contributed by atoms with E-state index in [-0.39, 0.29) is 12.3 Å². The number of hydrogen-bond donors (Lipinski definition) is 2. The van der Waals surface area contributed by atoms with E-state index in [2.05, 4.69) is 5.32 Å². The third-order valence-corrected chi connectivity index (χ3v) is 5.23. The van der Waals surface area contributed by atoms with E-state index in [0.717, 1.165) is 16.9 Å². The van der Waals surface area contributed by atoms with Crippen LogP contribution in [0.2, 0.25) is 0 Å². The maximum Gasteiger partial charge on any atom is 0.305 e. The Balaban J connectivity index is 1.93. The number of benzene rings is 1. The van der Waals surface area contributed by atoms with Crippen LogP contribution >= 0.6 is 11.8 Å². The van der Waals surface area contributed by atoms with E-state index in [1.165, 1.54) is 25.7 Å². The monoisotopic (exact) mass is 335 g/mol. The standard InChI is InChI=1S/C18H25NO3S/c1-23-15-9-7-14(8-10-15)16(12-18(21)22)19-17(20)11-6-13-4-2-3-5-13/h7-10,13,16H,2-6,11-12H2,1H3,(H,19,20)(H,21,22). The van der Waals surface area contributed by atoms with Gasteiger partial charge < -0.3 is 10.4 Å². The highest BCUT2D eigenvalue weighted by Crippen LogP contribution is 2.28. The van der Waals surface area contributed by atoms with Crippen LogP contribution in [0.25, 0.3) is 0 Å². The molecule has 1 amide bonds. The van der Waals surface area contributed by atoms with Gasteiger partial charge in [0, 0.05) is 11.3 Å². The molecular formula is C18H25NO3S. The summed E-state index contributed by atoms with van der Waals surface area (Å²) in [5, 5.41) is 12.0. The van der Waals surface area contributed by atoms with Crippen LogP contribution in [-0.4, -0.2) is 23.2 Å². The van der Waals surface area contributed by atoms with Crippen LogP contribution in [-0.2, 0) is 9.59 Å². The molecule has 0 aromatic heterocycles. The predicted octanol–water partition coefficient (Wildman–Crippen LogP) is 4.01. The second-order valence-corrected chi connectivity index (χ2v) is 7.06. The number of amides is 1. The Kier molecular flexibility index (Phi) is 6.96. The normalized spacial score (nSPS) is 16.2. The SMILES string of the molecule is CSc1ccc(C(CC(=O)O)NC(=O)CCC2CCCC2)cc1. The zero-order valence-corrected chi connectivity index (χ0v) is 14.4. The molecule has 1 atom stereocenters. The van der Waals surface area contributed by atoms with Crippen LogP contribution in [0.3, 0.4) is 0 Å². The Bertz CT molecular complexity index is 524. The van der Waals surface area contributed by atoms with Crippen LogP contribution in [0.5, 0.6) is 0 Å². The molecule has 2 N–H and O–H groups in total. The van der Waals surface area contributed by atoms with Gasteiger partial charge in [0.05, 0.1) is 12.5 Å². The van der Waals surface area contributed by atoms with Crippen molar-refractivity contribution in [2.45, 2.75) is 55.9 Å². The van der Waals surface area contributed by atoms with Gasteiger partial charge in [0.15, 0.2) is 0 Å². The molecule has 5 heteroatoms. The summed E-state index contributed by atoms with van der Waals surface area (Å²) in [7, 11) is 0. The van der Waals surface area contributed by atoms with Gasteiger partial charge in [-0.05, 0) is 36.3 Å². The fourth-order valence-electron chi connectivity index (χ4n) is 3.16. The number of carboxylic acid groups (broad SMARTS) is 1. The third kappa shape index (κ3) is 5.90. The molecule has 4 nitrogen and oxygen atoms in total. The molecule has 1 fully saturated rings. The van der Waals surface area contributed by atoms with Gasteiger partial charge in [-0.1, -0.05) is 37.8 Å². The Morgan fingerprint density at radius 2 is 1.91 bits per heavy atom. The molecule has 0 spiro atoms. The van der Waals surface area contributed by atoms with Crippen molar-refractivity contribution >= 4 is 23.6 Å². The molecule has 23 heavy (non-hydrogen) atoms. The summed E-state index contributed by atoms with van der Waals surface area (Å²) in [6.45, 7) is 0. The van der Waals surface area contributed by atoms with Crippen molar-refractivity contribution in [2.75, 3.05) is 6.26 Å². The Morgan fingerprint density at radius 3 is 2.48 bits per heavy atom. The molecular weight excluding hydrogens is 310 g/mol. The summed E-state index contributed by atoms with van der Waals surface area (Å²) in [5.41, 5.74) is 0.847. The Labute approximate surface area is 142 Å². The van der Waals surface area contributed by atoms with E-state index in [1.807, 2.05) is 30.5 Å². The molecule has 1 aliphatic rings. The van der Waals surface area contributed by atoms with Gasteiger partial charge in [-0.15, -0.1) is 11.8 Å². The summed E-state index contributed by atoms with van der Waals surface area (Å²) < 4.78 is 0. The van der Waals surface area contributed by atoms with Crippen LogP contribution < -0.4 is 5.32 Å². The second-order valence-electron chi connectivity index (χ2n) is 6.18. The summed E-state index contributed by atoms with van der Waals surface area (Å²) in [6, 6.07) is 7.26. The van der Waals surface area contributed by atoms with Crippen molar-refractivity contribution in [3.63, 3.8) is 0 Å². The fraction of sp³-hybridized carbons (Fsp3) is 0.556. The smallest absolute Gasteiger partial charge is 0.305 e. The topological polar surface area (TPSA) is 66.4 Å². The fourth-order valence-corrected chi connectivity index (χ4v) is 3.57. The number of rotatable bonds is 8. The lowest BCUT2D eigenvalue weighted by Crippen LogP contribution is -2.30. The van der Waals surface area contributed by atoms with Gasteiger partial charge >= 0.3 is 5.97 Å². The quantitative estimate of drug-likeness (QED) is 0.704. The van der Waals surface area contributed by atoms with Crippen molar-refractivity contribution in [2.24, 2.45) is 5.92 Å². The number of thioether (sulfide) groups is 1. The molecule has 1 aliphatic carbocycles. The molecule has 126 valence electrons. The average Bonchev–Trinajstić information content (AvgIpc) is 3.05. The summed E-state index contributed by atoms with van der Waals surface area (Å²) in [6.07, 6.45) is 8.30. The largest absolute Gasteiger partial charge is 0.481 e. The zero-order chi connectivity index (χ0) is 16.7. The highest BCUT2D eigenvalue weighted by molar-refractivity contribution is 7.98. The molecule has 0 saturated heterocycles. The van der Waals surface area contributed by atoms with Crippen molar-refractivity contribution in [1.29, 1.82) is 0 Å². The van der Waals surface area contributed by atoms with Crippen molar-refractivity contribution in [3.8, 4) is 0 Å². The summed E-state index contributed by atoms with van der Waals surface area (Å²) in [5.74, 6) is -0.281. The van der Waals surface area contributed by atoms with Crippen molar-refractivity contribution in [3.05, 3.63) is 29.8 Å². The van der Waals surface area contributed by atoms with Gasteiger partial charge in [-0.2, -0.15) is 0 Å². The second kappa shape index (κ2) is 8.96. The molecule has 1 aromatic carbocycles. The number of aliphatic carboxylic acids is 1. The number of carbonyl (C=O) groups excluding carboxylic acids is 1. The Hall–Kier alpha value is -1.49. The highest BCUT2D eigenvalue weighted by Gasteiger charge is 2.20. The zero-order valence-electron chi connectivity index (χ0n) is 13.6. The molecule has 0 radical (unpaired) electrons. The minimum Gasteiger partial charge on any atom is -0.481 e. The minimum absolute atomic E-state index is 0.0444. The maximum absolute atomic E-state index is 12.2. The molecule has 2 rings (SSSR count). The maximum atomic E-state index is 12.2. The van der Waals surface area contributed by atoms with Crippen LogP contribution in [0.1, 0.15) is 56.6 Å². The first-order valence-corrected chi connectivity index (χ1v) is 9.46. The summed E-state index contributed by atoms with van der Waals surface area (Å²) >= 11 is 1.64. The Morgan fingerprint density at radius 1 is 1.26 bits per heavy atom. The van der Waals surface area contributed by atoms with E-state index < -0.39 is 12.0 Å². The molecule has 1 aromatic rings. The van der Waals surface area contributed by atoms with E-state index in [4.69, 9.17) is 5.11 Å². The summed E-state index contributed by atoms with van der Waals surface area (Å²) in [4.78, 5) is 24.4. The van der Waals surface area contributed by atoms with Gasteiger partial charge in [0.1, 0.15) is 0 Å². The van der Waals surface area contributed by atoms with Crippen LogP contribution in [0.15, 0.2) is 29.2 Å². The lowest BCUT2D eigenvalue weighted by Gasteiger charge is -2.18. The number of hydrogen-bond acceptors (Lipinski definition) is 3. The van der Waals surface area contributed by atoms with Crippen molar-refractivity contribution in [1.82, 2.24) is 5.32 Å². The van der Waals surface area contributed by atoms with Gasteiger partial charge in [0.2, 0.25) is 5.91 Å². The first-order valence-electron chi connectivity index (χ1n) is 8.23. The number of nitrogens with one attached hydrogen (secondary N) is 1. The molecule has 0 aliphatic heterocycles. The first-order chi connectivity index (χ1) is 11.1. The van der Waals surface area contributed by atoms with Gasteiger partial charge in [0.25, 0.3) is 0 Å². The highest BCUT2D eigenvalue weighted by atomic mass is 32.2. The van der Waals surface area contributed by atoms with Crippen molar-refractivity contribution < 1.29 is 14.7 Å². The average molecular weight is 335 g/mol. The molecule has 0 bridgehead atoms. The van der Waals surface area contributed by atoms with E-state index in [1.54, 1.807) is 11.8 Å². The lowest BCUT2D eigenvalue weighted by molar-refractivity contribution is -0.137. The molecule has 0 heterocycles. The number of carbonyl (C=O) groups is 2. The molecule has 1 saturated carbocycles. The van der Waals surface area contributed by atoms with E-state index in [9.17, 15) is 9.59 Å². The third-order valence-electron chi connectivity index (χ3n) is 4.49. The first kappa shape index (κ1) is 17.9. The van der Waals surface area contributed by atoms with E-state index in [0.29, 0.717) is 12.3 Å². The van der Waals surface area contributed by atoms with Crippen LogP contribution in [0.4, 0.5) is 0 Å². The van der Waals surface area contributed by atoms with Gasteiger partial charge in [-0.3, -0.25) is 9.59 Å². The molecule has 1 unspecified atom stereocenters. The lowest BCUT2D eigenvalue weighted by atomic mass is 10.0. The minimum atomic E-state index is -0.903. The van der Waals surface area contributed by atoms with E-state index >= 15 is 0 Å². The predicted molar refractivity (Wildman–Crippen MR) is 92.6 cm³/mol. The van der Waals surface area contributed by atoms with Gasteiger partial charge in [-0.25, -0.2) is 0 Å². The van der Waals surface area contributed by atoms with Crippen LogP contribution in [0, 0.1) is 5.92 Å².